The van der Waals surface area contributed by atoms with Gasteiger partial charge in [0.15, 0.2) is 11.8 Å². The Morgan fingerprint density at radius 3 is 1.74 bits per heavy atom. The topological polar surface area (TPSA) is 133 Å². The molecule has 220 valence electrons. The number of fused-ring (bicyclic) bond motifs is 1. The van der Waals surface area contributed by atoms with E-state index in [4.69, 9.17) is 9.47 Å². The van der Waals surface area contributed by atoms with E-state index in [2.05, 4.69) is 63.6 Å². The normalized spacial score (nSPS) is 17.5. The Hall–Kier alpha value is -4.79. The molecule has 4 atom stereocenters. The van der Waals surface area contributed by atoms with E-state index in [0.717, 1.165) is 0 Å². The van der Waals surface area contributed by atoms with Gasteiger partial charge in [-0.15, -0.1) is 0 Å². The summed E-state index contributed by atoms with van der Waals surface area (Å²) in [5.41, 5.74) is 4.55. The quantitative estimate of drug-likeness (QED) is 0.300. The molecular weight excluding hydrogens is 538 g/mol. The average Bonchev–Trinajstić information content (AvgIpc) is 3.20. The van der Waals surface area contributed by atoms with Gasteiger partial charge in [-0.05, 0) is 37.1 Å². The van der Waals surface area contributed by atoms with Crippen molar-refractivity contribution in [3.63, 3.8) is 0 Å². The van der Waals surface area contributed by atoms with Crippen molar-refractivity contribution >= 4 is 35.3 Å². The van der Waals surface area contributed by atoms with Crippen LogP contribution in [-0.4, -0.2) is 58.5 Å². The van der Waals surface area contributed by atoms with Crippen LogP contribution >= 0.6 is 0 Å². The molecule has 1 aliphatic rings. The van der Waals surface area contributed by atoms with Gasteiger partial charge in [0.1, 0.15) is 7.05 Å². The highest BCUT2D eigenvalue weighted by Crippen LogP contribution is 2.44. The van der Waals surface area contributed by atoms with Crippen molar-refractivity contribution in [2.75, 3.05) is 7.05 Å². The fourth-order valence-corrected chi connectivity index (χ4v) is 4.95. The molecular formula is C33H35NO8. The molecule has 42 heavy (non-hydrogen) atoms. The first-order chi connectivity index (χ1) is 19.9. The fraction of sp³-hybridized carbons (Fsp3) is 0.303. The molecule has 0 amide bonds. The third-order valence-electron chi connectivity index (χ3n) is 7.92. The lowest BCUT2D eigenvalue weighted by atomic mass is 9.69. The van der Waals surface area contributed by atoms with E-state index in [0.29, 0.717) is 5.92 Å². The fourth-order valence-electron chi connectivity index (χ4n) is 4.95. The smallest absolute Gasteiger partial charge is 0.349 e. The molecule has 0 spiro atoms. The monoisotopic (exact) mass is 573 g/mol. The average molecular weight is 574 g/mol. The second-order valence-corrected chi connectivity index (χ2v) is 10.2. The minimum Gasteiger partial charge on any atom is -0.546 e. The van der Waals surface area contributed by atoms with Crippen LogP contribution in [0.5, 0.6) is 0 Å². The van der Waals surface area contributed by atoms with Crippen LogP contribution in [0.2, 0.25) is 0 Å². The first-order valence-electron chi connectivity index (χ1n) is 13.6. The summed E-state index contributed by atoms with van der Waals surface area (Å²) in [4.78, 5) is 46.7. The minimum atomic E-state index is -2.33. The van der Waals surface area contributed by atoms with Crippen molar-refractivity contribution in [3.8, 4) is 0 Å². The van der Waals surface area contributed by atoms with Gasteiger partial charge in [-0.3, -0.25) is 0 Å². The first-order valence-corrected chi connectivity index (χ1v) is 13.6. The van der Waals surface area contributed by atoms with Crippen molar-refractivity contribution in [2.45, 2.75) is 51.7 Å². The van der Waals surface area contributed by atoms with Crippen LogP contribution in [0.3, 0.4) is 0 Å². The maximum Gasteiger partial charge on any atom is 0.349 e. The molecule has 0 unspecified atom stereocenters. The number of hydrogen-bond donors (Lipinski definition) is 1. The van der Waals surface area contributed by atoms with E-state index in [9.17, 15) is 29.4 Å². The lowest BCUT2D eigenvalue weighted by Crippen LogP contribution is -2.51. The molecule has 9 nitrogen and oxygen atoms in total. The number of benzene rings is 3. The van der Waals surface area contributed by atoms with Gasteiger partial charge in [-0.1, -0.05) is 74.9 Å². The van der Waals surface area contributed by atoms with Gasteiger partial charge in [0.05, 0.1) is 22.5 Å². The molecule has 3 aromatic carbocycles. The summed E-state index contributed by atoms with van der Waals surface area (Å²) in [7, 11) is 2.18. The number of esters is 2. The summed E-state index contributed by atoms with van der Waals surface area (Å²) in [6.45, 7) is 9.30. The highest BCUT2D eigenvalue weighted by molar-refractivity contribution is 5.95. The summed E-state index contributed by atoms with van der Waals surface area (Å²) < 4.78 is 11.8. The number of aliphatic carboxylic acids is 2. The van der Waals surface area contributed by atoms with E-state index < -0.39 is 36.1 Å². The van der Waals surface area contributed by atoms with Crippen molar-refractivity contribution in [1.82, 2.24) is 0 Å². The lowest BCUT2D eigenvalue weighted by molar-refractivity contribution is -0.403. The molecule has 0 bridgehead atoms. The zero-order valence-corrected chi connectivity index (χ0v) is 24.3. The SMILES string of the molecule is CC[C@H](C)[C@@]1(C)C(C)=[N+](C)c2ccccc21.O=C(O[C@@H](C(=O)[O-])[C@@H](OC(=O)c1ccccc1)C(=O)O)c1ccccc1. The van der Waals surface area contributed by atoms with Gasteiger partial charge >= 0.3 is 17.9 Å². The molecule has 1 N–H and O–H groups in total. The zero-order chi connectivity index (χ0) is 31.0. The Labute approximate surface area is 245 Å². The van der Waals surface area contributed by atoms with Gasteiger partial charge in [0, 0.05) is 18.6 Å². The van der Waals surface area contributed by atoms with Gasteiger partial charge in [-0.25, -0.2) is 19.0 Å². The minimum absolute atomic E-state index is 0.00252. The van der Waals surface area contributed by atoms with Crippen LogP contribution in [0.25, 0.3) is 0 Å². The molecule has 0 aromatic heterocycles. The summed E-state index contributed by atoms with van der Waals surface area (Å²) in [5.74, 6) is -5.31. The first kappa shape index (κ1) is 31.7. The second kappa shape index (κ2) is 13.7. The number of carboxylic acid groups (broad SMARTS) is 2. The number of carboxylic acids is 2. The third kappa shape index (κ3) is 6.74. The third-order valence-corrected chi connectivity index (χ3v) is 7.92. The van der Waals surface area contributed by atoms with Gasteiger partial charge in [-0.2, -0.15) is 0 Å². The second-order valence-electron chi connectivity index (χ2n) is 10.2. The molecule has 1 heterocycles. The maximum absolute atomic E-state index is 12.0. The number of carbonyl (C=O) groups excluding carboxylic acids is 3. The molecule has 4 rings (SSSR count). The molecule has 3 aromatic rings. The van der Waals surface area contributed by atoms with E-state index in [1.54, 1.807) is 12.1 Å². The summed E-state index contributed by atoms with van der Waals surface area (Å²) in [6.07, 6.45) is -3.39. The summed E-state index contributed by atoms with van der Waals surface area (Å²) in [6, 6.07) is 23.5. The van der Waals surface area contributed by atoms with Crippen LogP contribution in [0, 0.1) is 5.92 Å². The van der Waals surface area contributed by atoms with Gasteiger partial charge in [0.2, 0.25) is 11.8 Å². The Morgan fingerprint density at radius 1 is 0.833 bits per heavy atom. The summed E-state index contributed by atoms with van der Waals surface area (Å²) in [5, 5.41) is 20.5. The van der Waals surface area contributed by atoms with Gasteiger partial charge in [0.25, 0.3) is 0 Å². The van der Waals surface area contributed by atoms with E-state index >= 15 is 0 Å². The molecule has 0 radical (unpaired) electrons. The Bertz CT molecular complexity index is 1400. The number of para-hydroxylation sites is 1. The van der Waals surface area contributed by atoms with Crippen molar-refractivity contribution in [1.29, 1.82) is 0 Å². The van der Waals surface area contributed by atoms with E-state index in [1.807, 2.05) is 0 Å². The number of carbonyl (C=O) groups is 4. The number of rotatable bonds is 9. The predicted molar refractivity (Wildman–Crippen MR) is 154 cm³/mol. The van der Waals surface area contributed by atoms with Crippen LogP contribution in [0.4, 0.5) is 5.69 Å². The number of nitrogens with zero attached hydrogens (tertiary/aromatic N) is 1. The molecule has 1 aliphatic heterocycles. The lowest BCUT2D eigenvalue weighted by Gasteiger charge is -2.28. The predicted octanol–water partition coefficient (Wildman–Crippen LogP) is 4.01. The maximum atomic E-state index is 12.0. The van der Waals surface area contributed by atoms with E-state index in [1.165, 1.54) is 71.9 Å². The molecule has 0 saturated heterocycles. The molecule has 0 saturated carbocycles. The standard InChI is InChI=1S/C18H14O8.C15H22N/c19-15(20)13(25-17(23)11-7-3-1-4-8-11)14(16(21)22)26-18(24)12-9-5-2-6-10-12;1-6-11(2)15(4)12(3)16(5)14-10-8-7-9-13(14)15/h1-10,13-14H,(H,19,20)(H,21,22);7-11H,6H2,1-5H3/q;+1/p-1/t13-,14-;11-,15-/m10/s1. The van der Waals surface area contributed by atoms with Crippen molar-refractivity contribution in [2.24, 2.45) is 5.92 Å². The largest absolute Gasteiger partial charge is 0.546 e. The van der Waals surface area contributed by atoms with Crippen LogP contribution in [-0.2, 0) is 24.5 Å². The van der Waals surface area contributed by atoms with Crippen LogP contribution in [0.1, 0.15) is 60.4 Å². The van der Waals surface area contributed by atoms with Gasteiger partial charge < -0.3 is 24.5 Å². The van der Waals surface area contributed by atoms with Crippen molar-refractivity contribution < 1.29 is 43.4 Å². The Morgan fingerprint density at radius 2 is 1.29 bits per heavy atom. The molecule has 0 aliphatic carbocycles. The number of ether oxygens (including phenoxy) is 2. The number of hydrogen-bond acceptors (Lipinski definition) is 7. The summed E-state index contributed by atoms with van der Waals surface area (Å²) >= 11 is 0. The van der Waals surface area contributed by atoms with Crippen LogP contribution < -0.4 is 5.11 Å². The molecule has 0 fully saturated rings. The Kier molecular flexibility index (Phi) is 10.4. The Balaban J connectivity index is 0.000000258. The van der Waals surface area contributed by atoms with Crippen LogP contribution in [0.15, 0.2) is 84.9 Å². The molecule has 9 heteroatoms. The van der Waals surface area contributed by atoms with E-state index in [-0.39, 0.29) is 16.5 Å². The zero-order valence-electron chi connectivity index (χ0n) is 24.3. The highest BCUT2D eigenvalue weighted by Gasteiger charge is 2.48. The highest BCUT2D eigenvalue weighted by atomic mass is 16.6. The van der Waals surface area contributed by atoms with Crippen molar-refractivity contribution in [3.05, 3.63) is 102 Å².